The van der Waals surface area contributed by atoms with Gasteiger partial charge in [-0.05, 0) is 0 Å². The molecule has 0 aromatic heterocycles. The molecule has 0 saturated heterocycles. The Morgan fingerprint density at radius 1 is 0.800 bits per heavy atom. The third-order valence-electron chi connectivity index (χ3n) is 0.333. The second-order valence-corrected chi connectivity index (χ2v) is 1.15. The zero-order chi connectivity index (χ0) is 8.57. The molecule has 9 nitrogen and oxygen atoms in total. The smallest absolute Gasteiger partial charge is 0.549 e. The summed E-state index contributed by atoms with van der Waals surface area (Å²) < 4.78 is 0. The SMILES string of the molecule is NCC(=O)[O-].NCC(=O)[O-].O.O.O.[Na+].[Na+]. The van der Waals surface area contributed by atoms with Crippen LogP contribution < -0.4 is 80.8 Å². The van der Waals surface area contributed by atoms with E-state index >= 15 is 0 Å². The number of carbonyl (C=O) groups excluding carboxylic acids is 2. The standard InChI is InChI=1S/2C2H5NO2.2Na.3H2O/c2*3-1-2(4)5;;;;;/h2*1,3H2,(H,4,5);;;3*1H2/q;;2*+1;;;/p-2. The van der Waals surface area contributed by atoms with Crippen molar-refractivity contribution in [1.82, 2.24) is 0 Å². The molecule has 0 rings (SSSR count). The molecule has 0 unspecified atom stereocenters. The van der Waals surface area contributed by atoms with Gasteiger partial charge in [0.05, 0.1) is 11.9 Å². The molecule has 0 atom stereocenters. The first-order chi connectivity index (χ1) is 4.54. The van der Waals surface area contributed by atoms with Gasteiger partial charge in [0.2, 0.25) is 0 Å². The molecule has 15 heavy (non-hydrogen) atoms. The predicted molar refractivity (Wildman–Crippen MR) is 39.0 cm³/mol. The Morgan fingerprint density at radius 3 is 0.867 bits per heavy atom. The first-order valence-corrected chi connectivity index (χ1v) is 2.34. The van der Waals surface area contributed by atoms with Crippen LogP contribution in [0.5, 0.6) is 0 Å². The molecular weight excluding hydrogens is 234 g/mol. The second-order valence-electron chi connectivity index (χ2n) is 1.15. The van der Waals surface area contributed by atoms with Gasteiger partial charge >= 0.3 is 59.1 Å². The Morgan fingerprint density at radius 2 is 0.867 bits per heavy atom. The van der Waals surface area contributed by atoms with Crippen LogP contribution in [0.25, 0.3) is 0 Å². The van der Waals surface area contributed by atoms with Crippen LogP contribution >= 0.6 is 0 Å². The normalized spacial score (nSPS) is 4.93. The molecule has 0 aliphatic carbocycles. The van der Waals surface area contributed by atoms with Gasteiger partial charge < -0.3 is 47.7 Å². The van der Waals surface area contributed by atoms with Crippen LogP contribution in [0.3, 0.4) is 0 Å². The largest absolute Gasteiger partial charge is 1.00 e. The van der Waals surface area contributed by atoms with E-state index in [0.717, 1.165) is 0 Å². The molecule has 0 aromatic carbocycles. The van der Waals surface area contributed by atoms with E-state index in [2.05, 4.69) is 11.5 Å². The number of carboxylic acids is 2. The Bertz CT molecular complexity index is 112. The fourth-order valence-corrected chi connectivity index (χ4v) is 0. The maximum atomic E-state index is 9.13. The second kappa shape index (κ2) is 36.4. The van der Waals surface area contributed by atoms with Crippen molar-refractivity contribution in [3.8, 4) is 0 Å². The predicted octanol–water partition coefficient (Wildman–Crippen LogP) is -13.1. The van der Waals surface area contributed by atoms with Crippen LogP contribution in [0, 0.1) is 0 Å². The van der Waals surface area contributed by atoms with Crippen molar-refractivity contribution >= 4 is 11.9 Å². The number of rotatable bonds is 2. The molecule has 0 aliphatic heterocycles. The molecule has 0 saturated carbocycles. The molecule has 0 aliphatic rings. The van der Waals surface area contributed by atoms with Crippen LogP contribution in [0.4, 0.5) is 0 Å². The summed E-state index contributed by atoms with van der Waals surface area (Å²) in [6, 6.07) is 0. The van der Waals surface area contributed by atoms with Gasteiger partial charge in [-0.25, -0.2) is 0 Å². The van der Waals surface area contributed by atoms with Crippen LogP contribution in [0.15, 0.2) is 0 Å². The van der Waals surface area contributed by atoms with Gasteiger partial charge in [0.15, 0.2) is 0 Å². The quantitative estimate of drug-likeness (QED) is 0.450. The van der Waals surface area contributed by atoms with E-state index in [1.54, 1.807) is 0 Å². The van der Waals surface area contributed by atoms with Gasteiger partial charge in [-0.1, -0.05) is 0 Å². The topological polar surface area (TPSA) is 227 Å². The minimum absolute atomic E-state index is 0. The molecule has 11 heteroatoms. The molecule has 0 amide bonds. The van der Waals surface area contributed by atoms with E-state index in [4.69, 9.17) is 19.8 Å². The summed E-state index contributed by atoms with van der Waals surface area (Å²) >= 11 is 0. The summed E-state index contributed by atoms with van der Waals surface area (Å²) in [6.45, 7) is -0.778. The van der Waals surface area contributed by atoms with Gasteiger partial charge in [-0.15, -0.1) is 0 Å². The van der Waals surface area contributed by atoms with Gasteiger partial charge in [-0.3, -0.25) is 0 Å². The molecule has 0 radical (unpaired) electrons. The molecule has 0 spiro atoms. The molecule has 0 fully saturated rings. The average Bonchev–Trinajstić information content (AvgIpc) is 1.89. The maximum absolute atomic E-state index is 9.13. The van der Waals surface area contributed by atoms with Gasteiger partial charge in [0.25, 0.3) is 0 Å². The van der Waals surface area contributed by atoms with Gasteiger partial charge in [0, 0.05) is 13.1 Å². The molecule has 10 N–H and O–H groups in total. The van der Waals surface area contributed by atoms with Crippen molar-refractivity contribution in [3.05, 3.63) is 0 Å². The maximum Gasteiger partial charge on any atom is 1.00 e. The summed E-state index contributed by atoms with van der Waals surface area (Å²) in [5, 5.41) is 18.3. The summed E-state index contributed by atoms with van der Waals surface area (Å²) in [5.74, 6) is -2.44. The van der Waals surface area contributed by atoms with Crippen LogP contribution in [-0.2, 0) is 9.59 Å². The van der Waals surface area contributed by atoms with Crippen molar-refractivity contribution < 1.29 is 95.3 Å². The number of aliphatic carboxylic acids is 2. The minimum Gasteiger partial charge on any atom is -0.549 e. The Labute approximate surface area is 131 Å². The van der Waals surface area contributed by atoms with E-state index in [1.807, 2.05) is 0 Å². The third-order valence-corrected chi connectivity index (χ3v) is 0.333. The monoisotopic (exact) mass is 248 g/mol. The summed E-state index contributed by atoms with van der Waals surface area (Å²) in [5.41, 5.74) is 9.02. The molecule has 0 aromatic rings. The summed E-state index contributed by atoms with van der Waals surface area (Å²) in [7, 11) is 0. The number of carbonyl (C=O) groups is 2. The van der Waals surface area contributed by atoms with Crippen molar-refractivity contribution in [2.45, 2.75) is 0 Å². The Hall–Kier alpha value is 0.740. The molecule has 0 bridgehead atoms. The average molecular weight is 248 g/mol. The van der Waals surface area contributed by atoms with Crippen LogP contribution in [0.2, 0.25) is 0 Å². The molecule has 0 heterocycles. The zero-order valence-electron chi connectivity index (χ0n) is 8.70. The number of hydrogen-bond donors (Lipinski definition) is 2. The first-order valence-electron chi connectivity index (χ1n) is 2.34. The van der Waals surface area contributed by atoms with Crippen LogP contribution in [-0.4, -0.2) is 41.5 Å². The fourth-order valence-electron chi connectivity index (χ4n) is 0. The van der Waals surface area contributed by atoms with Crippen LogP contribution in [0.1, 0.15) is 0 Å². The van der Waals surface area contributed by atoms with Gasteiger partial charge in [0.1, 0.15) is 0 Å². The van der Waals surface area contributed by atoms with Crippen molar-refractivity contribution in [1.29, 1.82) is 0 Å². The first kappa shape index (κ1) is 44.8. The Kier molecular flexibility index (Phi) is 109. The van der Waals surface area contributed by atoms with Crippen molar-refractivity contribution in [3.63, 3.8) is 0 Å². The van der Waals surface area contributed by atoms with E-state index in [-0.39, 0.29) is 88.6 Å². The van der Waals surface area contributed by atoms with Gasteiger partial charge in [-0.2, -0.15) is 0 Å². The number of carboxylic acid groups (broad SMARTS) is 2. The van der Waals surface area contributed by atoms with Crippen molar-refractivity contribution in [2.75, 3.05) is 13.1 Å². The van der Waals surface area contributed by atoms with E-state index in [0.29, 0.717) is 0 Å². The fraction of sp³-hybridized carbons (Fsp3) is 0.500. The zero-order valence-corrected chi connectivity index (χ0v) is 12.7. The number of hydrogen-bond acceptors (Lipinski definition) is 6. The molecular formula is C4H14N2Na2O7. The molecule has 84 valence electrons. The third kappa shape index (κ3) is 106. The van der Waals surface area contributed by atoms with Crippen molar-refractivity contribution in [2.24, 2.45) is 11.5 Å². The summed E-state index contributed by atoms with van der Waals surface area (Å²) in [6.07, 6.45) is 0. The Balaban J connectivity index is -0.0000000128. The van der Waals surface area contributed by atoms with E-state index < -0.39 is 11.9 Å². The summed E-state index contributed by atoms with van der Waals surface area (Å²) in [4.78, 5) is 18.3. The number of nitrogens with two attached hydrogens (primary N) is 2. The minimum atomic E-state index is -1.22. The van der Waals surface area contributed by atoms with E-state index in [1.165, 1.54) is 0 Å². The van der Waals surface area contributed by atoms with E-state index in [9.17, 15) is 0 Å².